The van der Waals surface area contributed by atoms with Crippen LogP contribution >= 0.6 is 11.6 Å². The van der Waals surface area contributed by atoms with Gasteiger partial charge in [0, 0.05) is 22.7 Å². The van der Waals surface area contributed by atoms with E-state index >= 15 is 0 Å². The molecule has 0 aliphatic rings. The highest BCUT2D eigenvalue weighted by atomic mass is 35.5. The Bertz CT molecular complexity index is 773. The fourth-order valence-corrected chi connectivity index (χ4v) is 2.18. The van der Waals surface area contributed by atoms with Crippen LogP contribution in [0.2, 0.25) is 5.02 Å². The lowest BCUT2D eigenvalue weighted by atomic mass is 10.2. The highest BCUT2D eigenvalue weighted by molar-refractivity contribution is 6.31. The lowest BCUT2D eigenvalue weighted by Crippen LogP contribution is -2.99. The quantitative estimate of drug-likeness (QED) is 0.645. The van der Waals surface area contributed by atoms with Crippen LogP contribution in [-0.2, 0) is 6.61 Å². The number of hydrogen-bond donors (Lipinski definition) is 3. The SMILES string of the molecule is [O-][NH+](O)c1ccc2[nH]nc(OCc3ccccc3Cl)c2c1. The molecule has 0 aliphatic heterocycles. The third kappa shape index (κ3) is 2.84. The maximum absolute atomic E-state index is 11.0. The van der Waals surface area contributed by atoms with Gasteiger partial charge in [-0.15, -0.1) is 5.10 Å². The summed E-state index contributed by atoms with van der Waals surface area (Å²) < 4.78 is 5.64. The van der Waals surface area contributed by atoms with E-state index in [0.717, 1.165) is 5.56 Å². The van der Waals surface area contributed by atoms with Crippen molar-refractivity contribution in [3.8, 4) is 5.88 Å². The summed E-state index contributed by atoms with van der Waals surface area (Å²) in [7, 11) is 0. The Labute approximate surface area is 125 Å². The van der Waals surface area contributed by atoms with E-state index in [9.17, 15) is 5.21 Å². The minimum absolute atomic E-state index is 0.187. The van der Waals surface area contributed by atoms with Gasteiger partial charge in [-0.3, -0.25) is 5.10 Å². The van der Waals surface area contributed by atoms with Crippen molar-refractivity contribution in [1.82, 2.24) is 10.2 Å². The van der Waals surface area contributed by atoms with Crippen molar-refractivity contribution in [2.75, 3.05) is 0 Å². The van der Waals surface area contributed by atoms with Crippen LogP contribution in [0.5, 0.6) is 5.88 Å². The molecule has 1 aromatic heterocycles. The van der Waals surface area contributed by atoms with Crippen LogP contribution in [0.1, 0.15) is 5.56 Å². The molecular weight excluding hydrogens is 294 g/mol. The van der Waals surface area contributed by atoms with Crippen LogP contribution in [-0.4, -0.2) is 15.4 Å². The number of rotatable bonds is 4. The summed E-state index contributed by atoms with van der Waals surface area (Å²) >= 11 is 6.06. The van der Waals surface area contributed by atoms with Crippen molar-refractivity contribution in [3.05, 3.63) is 58.3 Å². The molecule has 2 aromatic carbocycles. The predicted octanol–water partition coefficient (Wildman–Crippen LogP) is 2.20. The molecule has 1 heterocycles. The summed E-state index contributed by atoms with van der Waals surface area (Å²) in [4.78, 5) is 0. The Morgan fingerprint density at radius 3 is 2.86 bits per heavy atom. The molecule has 108 valence electrons. The summed E-state index contributed by atoms with van der Waals surface area (Å²) in [6.45, 7) is 0.261. The predicted molar refractivity (Wildman–Crippen MR) is 77.7 cm³/mol. The number of hydrogen-bond acceptors (Lipinski definition) is 4. The zero-order chi connectivity index (χ0) is 14.8. The molecule has 3 rings (SSSR count). The standard InChI is InChI=1S/C14H12ClN3O3/c15-12-4-2-1-3-9(12)8-21-14-11-7-10(18(19)20)5-6-13(11)16-17-14/h1-7,18-19H,8H2,(H,16,17). The summed E-state index contributed by atoms with van der Waals surface area (Å²) in [5.74, 6) is 0.355. The van der Waals surface area contributed by atoms with E-state index in [1.165, 1.54) is 12.1 Å². The fourth-order valence-electron chi connectivity index (χ4n) is 1.99. The first-order valence-corrected chi connectivity index (χ1v) is 6.60. The highest BCUT2D eigenvalue weighted by Crippen LogP contribution is 2.26. The Morgan fingerprint density at radius 1 is 1.29 bits per heavy atom. The van der Waals surface area contributed by atoms with Crippen molar-refractivity contribution in [2.24, 2.45) is 0 Å². The minimum atomic E-state index is -0.991. The average Bonchev–Trinajstić information content (AvgIpc) is 2.88. The molecule has 1 unspecified atom stereocenters. The first kappa shape index (κ1) is 13.8. The van der Waals surface area contributed by atoms with E-state index < -0.39 is 5.23 Å². The maximum Gasteiger partial charge on any atom is 0.241 e. The van der Waals surface area contributed by atoms with Crippen molar-refractivity contribution in [2.45, 2.75) is 6.61 Å². The number of H-pyrrole nitrogens is 1. The zero-order valence-electron chi connectivity index (χ0n) is 10.8. The van der Waals surface area contributed by atoms with Gasteiger partial charge in [0.25, 0.3) is 0 Å². The van der Waals surface area contributed by atoms with E-state index in [1.54, 1.807) is 12.1 Å². The van der Waals surface area contributed by atoms with Crippen molar-refractivity contribution < 1.29 is 15.2 Å². The van der Waals surface area contributed by atoms with Crippen molar-refractivity contribution >= 4 is 28.2 Å². The maximum atomic E-state index is 11.0. The lowest BCUT2D eigenvalue weighted by Gasteiger charge is -2.11. The molecule has 7 heteroatoms. The van der Waals surface area contributed by atoms with Gasteiger partial charge in [0.1, 0.15) is 6.61 Å². The van der Waals surface area contributed by atoms with Gasteiger partial charge in [-0.25, -0.2) is 5.21 Å². The van der Waals surface area contributed by atoms with E-state index in [4.69, 9.17) is 21.5 Å². The summed E-state index contributed by atoms with van der Waals surface area (Å²) in [6.07, 6.45) is 0. The van der Waals surface area contributed by atoms with E-state index in [0.29, 0.717) is 21.8 Å². The Balaban J connectivity index is 1.87. The largest absolute Gasteiger partial charge is 0.595 e. The molecule has 0 saturated carbocycles. The molecule has 0 saturated heterocycles. The fraction of sp³-hybridized carbons (Fsp3) is 0.0714. The van der Waals surface area contributed by atoms with Crippen LogP contribution in [0.15, 0.2) is 42.5 Å². The summed E-state index contributed by atoms with van der Waals surface area (Å²) in [5, 5.41) is 27.2. The van der Waals surface area contributed by atoms with Crippen molar-refractivity contribution in [3.63, 3.8) is 0 Å². The second kappa shape index (κ2) is 5.71. The first-order valence-electron chi connectivity index (χ1n) is 6.23. The Hall–Kier alpha value is -2.12. The highest BCUT2D eigenvalue weighted by Gasteiger charge is 2.11. The number of aromatic nitrogens is 2. The Kier molecular flexibility index (Phi) is 3.76. The first-order chi connectivity index (χ1) is 10.1. The molecule has 0 bridgehead atoms. The summed E-state index contributed by atoms with van der Waals surface area (Å²) in [6, 6.07) is 12.1. The number of aromatic amines is 1. The average molecular weight is 306 g/mol. The zero-order valence-corrected chi connectivity index (χ0v) is 11.6. The van der Waals surface area contributed by atoms with Gasteiger partial charge in [0.2, 0.25) is 5.88 Å². The number of ether oxygens (including phenoxy) is 1. The molecular formula is C14H12ClN3O3. The van der Waals surface area contributed by atoms with Gasteiger partial charge in [-0.05, 0) is 12.1 Å². The van der Waals surface area contributed by atoms with E-state index in [-0.39, 0.29) is 12.3 Å². The van der Waals surface area contributed by atoms with E-state index in [2.05, 4.69) is 10.2 Å². The third-order valence-corrected chi connectivity index (χ3v) is 3.47. The lowest BCUT2D eigenvalue weighted by molar-refractivity contribution is -0.991. The molecule has 3 aromatic rings. The monoisotopic (exact) mass is 305 g/mol. The second-order valence-corrected chi connectivity index (χ2v) is 4.88. The minimum Gasteiger partial charge on any atom is -0.595 e. The number of benzene rings is 2. The second-order valence-electron chi connectivity index (χ2n) is 4.47. The van der Waals surface area contributed by atoms with Crippen LogP contribution in [0.3, 0.4) is 0 Å². The molecule has 0 fully saturated rings. The van der Waals surface area contributed by atoms with Gasteiger partial charge < -0.3 is 9.94 Å². The van der Waals surface area contributed by atoms with E-state index in [1.807, 2.05) is 18.2 Å². The molecule has 0 amide bonds. The van der Waals surface area contributed by atoms with Gasteiger partial charge in [0.05, 0.1) is 10.9 Å². The number of fused-ring (bicyclic) bond motifs is 1. The van der Waals surface area contributed by atoms with Gasteiger partial charge in [-0.1, -0.05) is 29.8 Å². The molecule has 21 heavy (non-hydrogen) atoms. The molecule has 0 radical (unpaired) electrons. The molecule has 1 atom stereocenters. The topological polar surface area (TPSA) is 85.6 Å². The van der Waals surface area contributed by atoms with Gasteiger partial charge >= 0.3 is 0 Å². The van der Waals surface area contributed by atoms with Crippen LogP contribution < -0.4 is 9.96 Å². The molecule has 6 nitrogen and oxygen atoms in total. The van der Waals surface area contributed by atoms with Crippen molar-refractivity contribution in [1.29, 1.82) is 0 Å². The van der Waals surface area contributed by atoms with Crippen LogP contribution in [0, 0.1) is 5.21 Å². The van der Waals surface area contributed by atoms with Gasteiger partial charge in [0.15, 0.2) is 5.69 Å². The normalized spacial score (nSPS) is 12.5. The smallest absolute Gasteiger partial charge is 0.241 e. The van der Waals surface area contributed by atoms with Gasteiger partial charge in [-0.2, -0.15) is 5.23 Å². The molecule has 3 N–H and O–H groups in total. The molecule has 0 aliphatic carbocycles. The third-order valence-electron chi connectivity index (χ3n) is 3.10. The number of halogens is 1. The number of nitrogens with one attached hydrogen (secondary N) is 2. The summed E-state index contributed by atoms with van der Waals surface area (Å²) in [5.41, 5.74) is 1.74. The number of quaternary nitrogens is 1. The number of nitrogens with zero attached hydrogens (tertiary/aromatic N) is 1. The molecule has 0 spiro atoms. The van der Waals surface area contributed by atoms with Crippen LogP contribution in [0.25, 0.3) is 10.9 Å². The van der Waals surface area contributed by atoms with Crippen LogP contribution in [0.4, 0.5) is 5.69 Å². The Morgan fingerprint density at radius 2 is 2.10 bits per heavy atom.